The molecule has 1 fully saturated rings. The molecule has 3 aromatic rings. The predicted octanol–water partition coefficient (Wildman–Crippen LogP) is 4.45. The number of aryl methyl sites for hydroxylation is 1. The van der Waals surface area contributed by atoms with Gasteiger partial charge in [0.15, 0.2) is 0 Å². The molecule has 1 atom stereocenters. The fourth-order valence-corrected chi connectivity index (χ4v) is 5.51. The molecule has 0 aliphatic carbocycles. The van der Waals surface area contributed by atoms with Crippen molar-refractivity contribution in [2.24, 2.45) is 12.5 Å². The number of hydrogen-bond donors (Lipinski definition) is 1. The zero-order valence-electron chi connectivity index (χ0n) is 19.1. The van der Waals surface area contributed by atoms with Crippen molar-refractivity contribution >= 4 is 21.9 Å². The molecule has 2 heterocycles. The molecule has 0 radical (unpaired) electrons. The van der Waals surface area contributed by atoms with Crippen LogP contribution in [0.15, 0.2) is 69.9 Å². The van der Waals surface area contributed by atoms with Crippen LogP contribution in [-0.4, -0.2) is 40.3 Å². The molecular formula is C26H30BrN3O3. The molecule has 1 N–H and O–H groups in total. The van der Waals surface area contributed by atoms with Gasteiger partial charge in [0, 0.05) is 20.1 Å². The van der Waals surface area contributed by atoms with Crippen LogP contribution in [0, 0.1) is 5.41 Å². The summed E-state index contributed by atoms with van der Waals surface area (Å²) in [6.45, 7) is 3.68. The normalized spacial score (nSPS) is 16.9. The smallest absolute Gasteiger partial charge is 0.312 e. The number of aromatic nitrogens is 2. The van der Waals surface area contributed by atoms with Gasteiger partial charge in [-0.05, 0) is 53.2 Å². The van der Waals surface area contributed by atoms with Crippen LogP contribution in [0.4, 0.5) is 0 Å². The summed E-state index contributed by atoms with van der Waals surface area (Å²) in [5.74, 6) is -0.111. The summed E-state index contributed by atoms with van der Waals surface area (Å²) in [5, 5.41) is 2.86. The second-order valence-corrected chi connectivity index (χ2v) is 9.50. The van der Waals surface area contributed by atoms with E-state index in [1.807, 2.05) is 50.4 Å². The molecule has 4 rings (SSSR count). The van der Waals surface area contributed by atoms with Crippen molar-refractivity contribution in [2.45, 2.75) is 32.2 Å². The molecule has 1 aromatic heterocycles. The number of rotatable bonds is 7. The van der Waals surface area contributed by atoms with Crippen LogP contribution in [0.5, 0.6) is 0 Å². The number of likely N-dealkylation sites (tertiary alicyclic amines) is 1. The van der Waals surface area contributed by atoms with E-state index in [0.29, 0.717) is 30.3 Å². The monoisotopic (exact) mass is 511 g/mol. The van der Waals surface area contributed by atoms with E-state index in [1.54, 1.807) is 4.68 Å². The number of piperidine rings is 1. The van der Waals surface area contributed by atoms with Crippen molar-refractivity contribution in [3.8, 4) is 0 Å². The quantitative estimate of drug-likeness (QED) is 0.475. The first kappa shape index (κ1) is 23.5. The van der Waals surface area contributed by atoms with E-state index in [9.17, 15) is 9.59 Å². The second-order valence-electron chi connectivity index (χ2n) is 8.71. The topological polar surface area (TPSA) is 67.3 Å². The lowest BCUT2D eigenvalue weighted by atomic mass is 9.73. The minimum absolute atomic E-state index is 0.110. The van der Waals surface area contributed by atoms with Crippen molar-refractivity contribution in [1.82, 2.24) is 14.7 Å². The Labute approximate surface area is 202 Å². The first-order chi connectivity index (χ1) is 15.9. The van der Waals surface area contributed by atoms with Gasteiger partial charge in [-0.2, -0.15) is 0 Å². The third-order valence-corrected chi connectivity index (χ3v) is 7.41. The van der Waals surface area contributed by atoms with Gasteiger partial charge in [0.05, 0.1) is 23.8 Å². The number of carbonyl (C=O) groups excluding carboxylic acids is 1. The summed E-state index contributed by atoms with van der Waals surface area (Å²) in [6, 6.07) is 20.3. The van der Waals surface area contributed by atoms with Gasteiger partial charge in [0.25, 0.3) is 5.56 Å². The molecule has 7 heteroatoms. The Balaban J connectivity index is 1.65. The lowest BCUT2D eigenvalue weighted by molar-refractivity contribution is -0.159. The van der Waals surface area contributed by atoms with Gasteiger partial charge >= 0.3 is 5.97 Å². The molecule has 0 bridgehead atoms. The highest BCUT2D eigenvalue weighted by atomic mass is 79.9. The number of ether oxygens (including phenoxy) is 1. The fourth-order valence-electron chi connectivity index (χ4n) is 4.94. The average molecular weight is 512 g/mol. The molecule has 0 saturated carbocycles. The molecular weight excluding hydrogens is 482 g/mol. The molecule has 1 aliphatic heterocycles. The van der Waals surface area contributed by atoms with Crippen molar-refractivity contribution in [3.05, 3.63) is 92.3 Å². The number of aromatic amines is 1. The van der Waals surface area contributed by atoms with Gasteiger partial charge < -0.3 is 4.74 Å². The molecule has 6 nitrogen and oxygen atoms in total. The number of halogens is 1. The van der Waals surface area contributed by atoms with Crippen LogP contribution in [0.2, 0.25) is 0 Å². The number of nitrogens with one attached hydrogen (secondary N) is 1. The third-order valence-electron chi connectivity index (χ3n) is 6.64. The van der Waals surface area contributed by atoms with Gasteiger partial charge in [-0.25, -0.2) is 0 Å². The molecule has 2 aromatic carbocycles. The maximum Gasteiger partial charge on any atom is 0.312 e. The number of H-pyrrole nitrogens is 1. The summed E-state index contributed by atoms with van der Waals surface area (Å²) >= 11 is 3.51. The largest absolute Gasteiger partial charge is 0.466 e. The zero-order chi connectivity index (χ0) is 23.4. The van der Waals surface area contributed by atoms with Gasteiger partial charge in [-0.3, -0.25) is 24.3 Å². The standard InChI is InChI=1S/C26H30BrN3O3/c1-3-33-25(32)26(18-19-10-6-4-7-11-19)14-16-30(17-15-26)22(20-12-8-5-9-13-20)23-21(27)24(31)28-29(23)2/h4-13,22H,3,14-18H2,1-2H3,(H,28,31). The van der Waals surface area contributed by atoms with E-state index in [-0.39, 0.29) is 17.6 Å². The van der Waals surface area contributed by atoms with Crippen molar-refractivity contribution in [3.63, 3.8) is 0 Å². The van der Waals surface area contributed by atoms with Crippen molar-refractivity contribution in [1.29, 1.82) is 0 Å². The number of benzene rings is 2. The Morgan fingerprint density at radius 1 is 1.09 bits per heavy atom. The minimum atomic E-state index is -0.545. The molecule has 33 heavy (non-hydrogen) atoms. The number of nitrogens with zero attached hydrogens (tertiary/aromatic N) is 2. The van der Waals surface area contributed by atoms with Gasteiger partial charge in [0.1, 0.15) is 4.47 Å². The van der Waals surface area contributed by atoms with Gasteiger partial charge in [-0.15, -0.1) is 0 Å². The highest BCUT2D eigenvalue weighted by Crippen LogP contribution is 2.41. The minimum Gasteiger partial charge on any atom is -0.466 e. The van der Waals surface area contributed by atoms with Gasteiger partial charge in [-0.1, -0.05) is 60.7 Å². The van der Waals surface area contributed by atoms with Crippen molar-refractivity contribution in [2.75, 3.05) is 19.7 Å². The average Bonchev–Trinajstić information content (AvgIpc) is 3.08. The van der Waals surface area contributed by atoms with Gasteiger partial charge in [0.2, 0.25) is 0 Å². The maximum absolute atomic E-state index is 13.2. The van der Waals surface area contributed by atoms with E-state index < -0.39 is 5.41 Å². The Morgan fingerprint density at radius 2 is 1.70 bits per heavy atom. The summed E-state index contributed by atoms with van der Waals surface area (Å²) in [7, 11) is 1.86. The predicted molar refractivity (Wildman–Crippen MR) is 132 cm³/mol. The summed E-state index contributed by atoms with van der Waals surface area (Å²) in [5.41, 5.74) is 2.46. The SMILES string of the molecule is CCOC(=O)C1(Cc2ccccc2)CCN(C(c2ccccc2)c2c(Br)c(=O)[nH]n2C)CC1. The molecule has 1 unspecified atom stereocenters. The second kappa shape index (κ2) is 10.1. The van der Waals surface area contributed by atoms with Crippen LogP contribution in [0.1, 0.15) is 42.6 Å². The van der Waals surface area contributed by atoms with Crippen LogP contribution < -0.4 is 5.56 Å². The van der Waals surface area contributed by atoms with Crippen molar-refractivity contribution < 1.29 is 9.53 Å². The maximum atomic E-state index is 13.2. The molecule has 1 saturated heterocycles. The van der Waals surface area contributed by atoms with E-state index in [4.69, 9.17) is 4.74 Å². The van der Waals surface area contributed by atoms with E-state index >= 15 is 0 Å². The molecule has 174 valence electrons. The van der Waals surface area contributed by atoms with E-state index in [1.165, 1.54) is 0 Å². The zero-order valence-corrected chi connectivity index (χ0v) is 20.7. The Morgan fingerprint density at radius 3 is 2.24 bits per heavy atom. The Hall–Kier alpha value is -2.64. The molecule has 1 aliphatic rings. The Kier molecular flexibility index (Phi) is 7.20. The highest BCUT2D eigenvalue weighted by molar-refractivity contribution is 9.10. The van der Waals surface area contributed by atoms with Crippen LogP contribution >= 0.6 is 15.9 Å². The number of carbonyl (C=O) groups is 1. The van der Waals surface area contributed by atoms with E-state index in [2.05, 4.69) is 50.2 Å². The lowest BCUT2D eigenvalue weighted by Crippen LogP contribution is -2.48. The lowest BCUT2D eigenvalue weighted by Gasteiger charge is -2.43. The molecule has 0 spiro atoms. The van der Waals surface area contributed by atoms with Crippen LogP contribution in [-0.2, 0) is 23.0 Å². The number of hydrogen-bond acceptors (Lipinski definition) is 4. The Bertz CT molecular complexity index is 1130. The van der Waals surface area contributed by atoms with E-state index in [0.717, 1.165) is 29.9 Å². The summed E-state index contributed by atoms with van der Waals surface area (Å²) < 4.78 is 7.89. The third kappa shape index (κ3) is 4.84. The fraction of sp³-hybridized carbons (Fsp3) is 0.385. The number of esters is 1. The molecule has 0 amide bonds. The van der Waals surface area contributed by atoms with Crippen LogP contribution in [0.25, 0.3) is 0 Å². The summed E-state index contributed by atoms with van der Waals surface area (Å²) in [4.78, 5) is 27.9. The summed E-state index contributed by atoms with van der Waals surface area (Å²) in [6.07, 6.45) is 2.06. The first-order valence-corrected chi connectivity index (χ1v) is 12.2. The van der Waals surface area contributed by atoms with Crippen LogP contribution in [0.3, 0.4) is 0 Å². The highest BCUT2D eigenvalue weighted by Gasteiger charge is 2.44. The first-order valence-electron chi connectivity index (χ1n) is 11.4.